The van der Waals surface area contributed by atoms with Crippen LogP contribution in [-0.2, 0) is 14.0 Å². The second kappa shape index (κ2) is 6.90. The molecule has 0 bridgehead atoms. The van der Waals surface area contributed by atoms with Gasteiger partial charge in [0.05, 0.1) is 23.9 Å². The summed E-state index contributed by atoms with van der Waals surface area (Å²) in [6, 6.07) is 4.03. The van der Waals surface area contributed by atoms with Crippen LogP contribution < -0.4 is 0 Å². The molecule has 0 radical (unpaired) electrons. The molecule has 24 heavy (non-hydrogen) atoms. The highest BCUT2D eigenvalue weighted by atomic mass is 32.1. The molecule has 1 aromatic carbocycles. The highest BCUT2D eigenvalue weighted by molar-refractivity contribution is 7.80. The molecule has 0 saturated carbocycles. The number of hydrogen-bond donors (Lipinski definition) is 1. The van der Waals surface area contributed by atoms with E-state index >= 15 is 0 Å². The van der Waals surface area contributed by atoms with Crippen LogP contribution in [-0.4, -0.2) is 37.2 Å². The molecule has 0 aliphatic carbocycles. The summed E-state index contributed by atoms with van der Waals surface area (Å²) in [5, 5.41) is 0. The van der Waals surface area contributed by atoms with Gasteiger partial charge in [0.2, 0.25) is 0 Å². The second-order valence-corrected chi connectivity index (χ2v) is 7.05. The summed E-state index contributed by atoms with van der Waals surface area (Å²) in [5.74, 6) is -0.732. The first-order valence-electron chi connectivity index (χ1n) is 7.65. The average Bonchev–Trinajstić information content (AvgIpc) is 2.71. The first-order chi connectivity index (χ1) is 11.1. The third-order valence-electron chi connectivity index (χ3n) is 4.43. The predicted octanol–water partition coefficient (Wildman–Crippen LogP) is 3.56. The first kappa shape index (κ1) is 19.0. The standard InChI is InChI=1S/C17H22BFO4S/c1-16(2)17(3,4)23-18(22-16)13(10-24)7-11-6-12(15(20)21-5)9-14(19)8-11/h6-9,24H,10H2,1-5H3. The average molecular weight is 352 g/mol. The molecule has 2 rings (SSSR count). The van der Waals surface area contributed by atoms with E-state index in [4.69, 9.17) is 9.31 Å². The lowest BCUT2D eigenvalue weighted by molar-refractivity contribution is 0.00578. The van der Waals surface area contributed by atoms with Gasteiger partial charge >= 0.3 is 13.1 Å². The molecule has 1 aliphatic heterocycles. The second-order valence-electron chi connectivity index (χ2n) is 6.73. The third-order valence-corrected chi connectivity index (χ3v) is 4.80. The van der Waals surface area contributed by atoms with E-state index in [0.29, 0.717) is 11.3 Å². The summed E-state index contributed by atoms with van der Waals surface area (Å²) in [6.45, 7) is 7.84. The maximum absolute atomic E-state index is 13.8. The fourth-order valence-electron chi connectivity index (χ4n) is 2.33. The van der Waals surface area contributed by atoms with Gasteiger partial charge in [-0.15, -0.1) is 0 Å². The van der Waals surface area contributed by atoms with Crippen molar-refractivity contribution in [3.05, 3.63) is 40.6 Å². The van der Waals surface area contributed by atoms with E-state index in [1.165, 1.54) is 13.2 Å². The number of hydrogen-bond acceptors (Lipinski definition) is 5. The highest BCUT2D eigenvalue weighted by Crippen LogP contribution is 2.39. The summed E-state index contributed by atoms with van der Waals surface area (Å²) >= 11 is 4.33. The van der Waals surface area contributed by atoms with Crippen molar-refractivity contribution in [1.29, 1.82) is 0 Å². The van der Waals surface area contributed by atoms with Crippen LogP contribution in [0.1, 0.15) is 43.6 Å². The quantitative estimate of drug-likeness (QED) is 0.511. The number of benzene rings is 1. The smallest absolute Gasteiger partial charge is 0.465 e. The van der Waals surface area contributed by atoms with Crippen molar-refractivity contribution >= 4 is 31.8 Å². The van der Waals surface area contributed by atoms with E-state index in [-0.39, 0.29) is 5.56 Å². The molecule has 0 spiro atoms. The van der Waals surface area contributed by atoms with Gasteiger partial charge in [-0.2, -0.15) is 12.6 Å². The number of esters is 1. The Balaban J connectivity index is 2.35. The van der Waals surface area contributed by atoms with E-state index in [9.17, 15) is 9.18 Å². The van der Waals surface area contributed by atoms with Crippen LogP contribution in [0.15, 0.2) is 23.7 Å². The number of rotatable bonds is 4. The van der Waals surface area contributed by atoms with Gasteiger partial charge in [0.1, 0.15) is 5.82 Å². The largest absolute Gasteiger partial charge is 0.491 e. The molecule has 1 heterocycles. The molecule has 0 amide bonds. The summed E-state index contributed by atoms with van der Waals surface area (Å²) in [6.07, 6.45) is 1.73. The van der Waals surface area contributed by atoms with E-state index in [2.05, 4.69) is 17.4 Å². The fraction of sp³-hybridized carbons (Fsp3) is 0.471. The van der Waals surface area contributed by atoms with Gasteiger partial charge in [-0.25, -0.2) is 9.18 Å². The molecular formula is C17H22BFO4S. The minimum absolute atomic E-state index is 0.149. The molecule has 1 aromatic rings. The Hall–Kier alpha value is -1.31. The van der Waals surface area contributed by atoms with E-state index < -0.39 is 30.1 Å². The normalized spacial score (nSPS) is 19.5. The van der Waals surface area contributed by atoms with Crippen LogP contribution in [0.2, 0.25) is 0 Å². The highest BCUT2D eigenvalue weighted by Gasteiger charge is 2.52. The molecule has 1 saturated heterocycles. The van der Waals surface area contributed by atoms with Crippen molar-refractivity contribution in [2.24, 2.45) is 0 Å². The van der Waals surface area contributed by atoms with Crippen molar-refractivity contribution in [2.75, 3.05) is 12.9 Å². The van der Waals surface area contributed by atoms with Crippen LogP contribution in [0.4, 0.5) is 4.39 Å². The van der Waals surface area contributed by atoms with Crippen LogP contribution in [0.3, 0.4) is 0 Å². The van der Waals surface area contributed by atoms with E-state index in [1.54, 1.807) is 12.1 Å². The maximum Gasteiger partial charge on any atom is 0.491 e. The maximum atomic E-state index is 13.8. The van der Waals surface area contributed by atoms with E-state index in [1.807, 2.05) is 27.7 Å². The van der Waals surface area contributed by atoms with Gasteiger partial charge in [-0.3, -0.25) is 0 Å². The van der Waals surface area contributed by atoms with Crippen molar-refractivity contribution < 1.29 is 23.2 Å². The number of methoxy groups -OCH3 is 1. The molecule has 1 aliphatic rings. The number of carbonyl (C=O) groups excluding carboxylic acids is 1. The number of ether oxygens (including phenoxy) is 1. The zero-order valence-corrected chi connectivity index (χ0v) is 15.4. The van der Waals surface area contributed by atoms with Crippen molar-refractivity contribution in [2.45, 2.75) is 38.9 Å². The molecular weight excluding hydrogens is 330 g/mol. The van der Waals surface area contributed by atoms with Crippen LogP contribution in [0, 0.1) is 5.82 Å². The molecule has 0 N–H and O–H groups in total. The van der Waals surface area contributed by atoms with Crippen LogP contribution in [0.5, 0.6) is 0 Å². The Morgan fingerprint density at radius 2 is 1.83 bits per heavy atom. The van der Waals surface area contributed by atoms with Crippen molar-refractivity contribution in [3.8, 4) is 0 Å². The van der Waals surface area contributed by atoms with Gasteiger partial charge in [0, 0.05) is 5.75 Å². The predicted molar refractivity (Wildman–Crippen MR) is 95.7 cm³/mol. The number of carbonyl (C=O) groups is 1. The zero-order valence-electron chi connectivity index (χ0n) is 14.6. The minimum atomic E-state index is -0.591. The van der Waals surface area contributed by atoms with Gasteiger partial charge < -0.3 is 14.0 Å². The molecule has 130 valence electrons. The Bertz CT molecular complexity index is 657. The van der Waals surface area contributed by atoms with Gasteiger partial charge in [0.25, 0.3) is 0 Å². The Morgan fingerprint density at radius 3 is 2.33 bits per heavy atom. The van der Waals surface area contributed by atoms with Crippen molar-refractivity contribution in [3.63, 3.8) is 0 Å². The molecule has 0 aromatic heterocycles. The van der Waals surface area contributed by atoms with Gasteiger partial charge in [0.15, 0.2) is 0 Å². The summed E-state index contributed by atoms with van der Waals surface area (Å²) in [4.78, 5) is 11.6. The van der Waals surface area contributed by atoms with Gasteiger partial charge in [-0.05, 0) is 56.9 Å². The fourth-order valence-corrected chi connectivity index (χ4v) is 2.57. The third kappa shape index (κ3) is 3.84. The van der Waals surface area contributed by atoms with E-state index in [0.717, 1.165) is 11.5 Å². The summed E-state index contributed by atoms with van der Waals surface area (Å²) in [5.41, 5.74) is 0.473. The summed E-state index contributed by atoms with van der Waals surface area (Å²) in [7, 11) is 0.684. The molecule has 4 nitrogen and oxygen atoms in total. The first-order valence-corrected chi connectivity index (χ1v) is 8.29. The molecule has 0 atom stereocenters. The Labute approximate surface area is 147 Å². The lowest BCUT2D eigenvalue weighted by Gasteiger charge is -2.32. The molecule has 0 unspecified atom stereocenters. The Morgan fingerprint density at radius 1 is 1.25 bits per heavy atom. The zero-order chi connectivity index (χ0) is 18.1. The SMILES string of the molecule is COC(=O)c1cc(F)cc(C=C(CS)B2OC(C)(C)C(C)(C)O2)c1. The van der Waals surface area contributed by atoms with Crippen LogP contribution in [0.25, 0.3) is 6.08 Å². The topological polar surface area (TPSA) is 44.8 Å². The summed E-state index contributed by atoms with van der Waals surface area (Å²) < 4.78 is 30.4. The lowest BCUT2D eigenvalue weighted by atomic mass is 9.78. The Kier molecular flexibility index (Phi) is 5.47. The lowest BCUT2D eigenvalue weighted by Crippen LogP contribution is -2.41. The molecule has 1 fully saturated rings. The molecule has 7 heteroatoms. The number of halogens is 1. The van der Waals surface area contributed by atoms with Gasteiger partial charge in [-0.1, -0.05) is 6.08 Å². The monoisotopic (exact) mass is 352 g/mol. The minimum Gasteiger partial charge on any atom is -0.465 e. The number of thiol groups is 1. The van der Waals surface area contributed by atoms with Crippen molar-refractivity contribution in [1.82, 2.24) is 0 Å². The van der Waals surface area contributed by atoms with Crippen LogP contribution >= 0.6 is 12.6 Å².